The number of ether oxygens (including phenoxy) is 1. The third-order valence-electron chi connectivity index (χ3n) is 6.58. The zero-order valence-corrected chi connectivity index (χ0v) is 19.5. The summed E-state index contributed by atoms with van der Waals surface area (Å²) in [6.45, 7) is 0. The first kappa shape index (κ1) is 21.7. The smallest absolute Gasteiger partial charge is 0.176 e. The van der Waals surface area contributed by atoms with Crippen LogP contribution in [0.4, 0.5) is 0 Å². The summed E-state index contributed by atoms with van der Waals surface area (Å²) in [6, 6.07) is 41.4. The summed E-state index contributed by atoms with van der Waals surface area (Å²) in [6.07, 6.45) is 5.88. The quantitative estimate of drug-likeness (QED) is 0.268. The molecule has 36 heavy (non-hydrogen) atoms. The average Bonchev–Trinajstić information content (AvgIpc) is 3.28. The fraction of sp³-hybridized carbons (Fsp3) is 0.0303. The van der Waals surface area contributed by atoms with Crippen LogP contribution in [-0.4, -0.2) is 9.67 Å². The second kappa shape index (κ2) is 8.78. The molecule has 0 aliphatic carbocycles. The maximum atomic E-state index is 11.5. The molecule has 6 rings (SSSR count). The van der Waals surface area contributed by atoms with E-state index in [2.05, 4.69) is 46.9 Å². The molecule has 172 valence electrons. The summed E-state index contributed by atoms with van der Waals surface area (Å²) in [5.41, 5.74) is 2.94. The molecule has 1 aromatic heterocycles. The van der Waals surface area contributed by atoms with Gasteiger partial charge in [0.2, 0.25) is 0 Å². The van der Waals surface area contributed by atoms with Gasteiger partial charge in [-0.25, -0.2) is 0 Å². The van der Waals surface area contributed by atoms with Crippen LogP contribution in [0.1, 0.15) is 11.1 Å². The van der Waals surface area contributed by atoms with Gasteiger partial charge in [-0.05, 0) is 48.5 Å². The van der Waals surface area contributed by atoms with Gasteiger partial charge >= 0.3 is 0 Å². The Kier molecular flexibility index (Phi) is 5.30. The Hall–Kier alpha value is -4.78. The van der Waals surface area contributed by atoms with Crippen molar-refractivity contribution in [3.63, 3.8) is 0 Å². The molecule has 1 atom stereocenters. The van der Waals surface area contributed by atoms with E-state index in [0.29, 0.717) is 16.9 Å². The van der Waals surface area contributed by atoms with Gasteiger partial charge in [-0.15, -0.1) is 6.42 Å². The molecular weight excluding hydrogens is 442 g/mol. The minimum absolute atomic E-state index is 0.607. The van der Waals surface area contributed by atoms with Crippen molar-refractivity contribution in [2.45, 2.75) is 5.60 Å². The molecule has 0 radical (unpaired) electrons. The summed E-state index contributed by atoms with van der Waals surface area (Å²) in [5, 5.41) is 13.9. The topological polar surface area (TPSA) is 34.4 Å². The number of aromatic nitrogens is 1. The maximum absolute atomic E-state index is 11.5. The lowest BCUT2D eigenvalue weighted by Crippen LogP contribution is -2.25. The SMILES string of the molecule is C#CC(O)(c1ccc(Oc2ccccc2)cc1)c1ccc(-n2c3ccccc3c3ccccc32)cc1. The molecule has 0 aliphatic heterocycles. The van der Waals surface area contributed by atoms with E-state index in [1.165, 1.54) is 10.8 Å². The molecular formula is C33H23NO2. The minimum atomic E-state index is -1.56. The molecule has 0 spiro atoms. The van der Waals surface area contributed by atoms with Crippen LogP contribution >= 0.6 is 0 Å². The van der Waals surface area contributed by atoms with Gasteiger partial charge in [-0.2, -0.15) is 0 Å². The van der Waals surface area contributed by atoms with Crippen molar-refractivity contribution in [1.29, 1.82) is 0 Å². The first-order valence-corrected chi connectivity index (χ1v) is 11.8. The Labute approximate surface area is 209 Å². The summed E-state index contributed by atoms with van der Waals surface area (Å²) in [5.74, 6) is 4.02. The largest absolute Gasteiger partial charge is 0.457 e. The lowest BCUT2D eigenvalue weighted by Gasteiger charge is -2.24. The van der Waals surface area contributed by atoms with Gasteiger partial charge in [0.05, 0.1) is 11.0 Å². The van der Waals surface area contributed by atoms with Crippen molar-refractivity contribution >= 4 is 21.8 Å². The zero-order chi connectivity index (χ0) is 24.5. The van der Waals surface area contributed by atoms with Crippen molar-refractivity contribution in [2.75, 3.05) is 0 Å². The molecule has 0 amide bonds. The molecule has 0 saturated heterocycles. The number of rotatable bonds is 5. The Balaban J connectivity index is 1.35. The van der Waals surface area contributed by atoms with E-state index in [-0.39, 0.29) is 0 Å². The van der Waals surface area contributed by atoms with E-state index in [9.17, 15) is 5.11 Å². The fourth-order valence-corrected chi connectivity index (χ4v) is 4.77. The van der Waals surface area contributed by atoms with Crippen molar-refractivity contribution in [1.82, 2.24) is 4.57 Å². The Bertz CT molecular complexity index is 1660. The highest BCUT2D eigenvalue weighted by atomic mass is 16.5. The highest BCUT2D eigenvalue weighted by molar-refractivity contribution is 6.09. The van der Waals surface area contributed by atoms with E-state index >= 15 is 0 Å². The highest BCUT2D eigenvalue weighted by Gasteiger charge is 2.29. The van der Waals surface area contributed by atoms with Gasteiger partial charge in [0.25, 0.3) is 0 Å². The predicted molar refractivity (Wildman–Crippen MR) is 146 cm³/mol. The van der Waals surface area contributed by atoms with E-state index in [1.807, 2.05) is 78.9 Å². The van der Waals surface area contributed by atoms with E-state index < -0.39 is 5.60 Å². The minimum Gasteiger partial charge on any atom is -0.457 e. The van der Waals surface area contributed by atoms with Gasteiger partial charge in [0, 0.05) is 27.6 Å². The molecule has 1 heterocycles. The number of aliphatic hydroxyl groups is 1. The number of hydrogen-bond acceptors (Lipinski definition) is 2. The molecule has 1 unspecified atom stereocenters. The molecule has 0 bridgehead atoms. The maximum Gasteiger partial charge on any atom is 0.176 e. The fourth-order valence-electron chi connectivity index (χ4n) is 4.77. The highest BCUT2D eigenvalue weighted by Crippen LogP contribution is 2.34. The number of hydrogen-bond donors (Lipinski definition) is 1. The third-order valence-corrected chi connectivity index (χ3v) is 6.58. The molecule has 1 N–H and O–H groups in total. The van der Waals surface area contributed by atoms with Crippen LogP contribution in [0.25, 0.3) is 27.5 Å². The van der Waals surface area contributed by atoms with Crippen LogP contribution in [0.5, 0.6) is 11.5 Å². The molecule has 5 aromatic carbocycles. The zero-order valence-electron chi connectivity index (χ0n) is 19.5. The van der Waals surface area contributed by atoms with Crippen LogP contribution in [-0.2, 0) is 5.60 Å². The second-order valence-corrected chi connectivity index (χ2v) is 8.71. The van der Waals surface area contributed by atoms with Crippen molar-refractivity contribution in [3.05, 3.63) is 139 Å². The van der Waals surface area contributed by atoms with Crippen LogP contribution in [0.2, 0.25) is 0 Å². The van der Waals surface area contributed by atoms with Crippen molar-refractivity contribution < 1.29 is 9.84 Å². The van der Waals surface area contributed by atoms with Gasteiger partial charge < -0.3 is 14.4 Å². The average molecular weight is 466 g/mol. The summed E-state index contributed by atoms with van der Waals surface area (Å²) in [7, 11) is 0. The number of terminal acetylenes is 1. The van der Waals surface area contributed by atoms with Crippen molar-refractivity contribution in [2.24, 2.45) is 0 Å². The number of para-hydroxylation sites is 3. The van der Waals surface area contributed by atoms with Gasteiger partial charge in [-0.3, -0.25) is 0 Å². The first-order valence-electron chi connectivity index (χ1n) is 11.8. The summed E-state index contributed by atoms with van der Waals surface area (Å²) >= 11 is 0. The summed E-state index contributed by atoms with van der Waals surface area (Å²) < 4.78 is 8.11. The lowest BCUT2D eigenvalue weighted by atomic mass is 9.87. The standard InChI is InChI=1S/C33H23NO2/c1-2-33(35,25-18-22-28(23-19-25)36-27-10-4-3-5-11-27)24-16-20-26(21-17-24)34-31-14-8-6-12-29(31)30-13-7-9-15-32(30)34/h1,3-23,35H. The van der Waals surface area contributed by atoms with Gasteiger partial charge in [-0.1, -0.05) is 84.8 Å². The number of fused-ring (bicyclic) bond motifs is 3. The van der Waals surface area contributed by atoms with Crippen molar-refractivity contribution in [3.8, 4) is 29.5 Å². The Morgan fingerprint density at radius 2 is 1.06 bits per heavy atom. The van der Waals surface area contributed by atoms with Crippen LogP contribution < -0.4 is 4.74 Å². The van der Waals surface area contributed by atoms with Gasteiger partial charge in [0.15, 0.2) is 5.60 Å². The van der Waals surface area contributed by atoms with Crippen LogP contribution in [0.3, 0.4) is 0 Å². The molecule has 0 saturated carbocycles. The van der Waals surface area contributed by atoms with Gasteiger partial charge in [0.1, 0.15) is 11.5 Å². The van der Waals surface area contributed by atoms with E-state index in [0.717, 1.165) is 22.5 Å². The van der Waals surface area contributed by atoms with E-state index in [4.69, 9.17) is 11.2 Å². The summed E-state index contributed by atoms with van der Waals surface area (Å²) in [4.78, 5) is 0. The predicted octanol–water partition coefficient (Wildman–Crippen LogP) is 7.45. The third kappa shape index (κ3) is 3.62. The Morgan fingerprint density at radius 1 is 0.583 bits per heavy atom. The molecule has 3 heteroatoms. The molecule has 0 fully saturated rings. The van der Waals surface area contributed by atoms with Crippen LogP contribution in [0.15, 0.2) is 127 Å². The van der Waals surface area contributed by atoms with E-state index in [1.54, 1.807) is 12.1 Å². The Morgan fingerprint density at radius 3 is 1.61 bits per heavy atom. The molecule has 6 aromatic rings. The lowest BCUT2D eigenvalue weighted by molar-refractivity contribution is 0.145. The number of benzene rings is 5. The second-order valence-electron chi connectivity index (χ2n) is 8.71. The first-order chi connectivity index (χ1) is 17.7. The normalized spacial score (nSPS) is 12.8. The molecule has 0 aliphatic rings. The molecule has 3 nitrogen and oxygen atoms in total. The number of nitrogens with zero attached hydrogens (tertiary/aromatic N) is 1. The monoisotopic (exact) mass is 465 g/mol. The van der Waals surface area contributed by atoms with Crippen LogP contribution in [0, 0.1) is 12.3 Å².